The van der Waals surface area contributed by atoms with Gasteiger partial charge in [-0.15, -0.1) is 0 Å². The maximum atomic E-state index is 9.13. The van der Waals surface area contributed by atoms with Gasteiger partial charge in [-0.2, -0.15) is 0 Å². The molecule has 2 fully saturated rings. The monoisotopic (exact) mass is 279 g/mol. The summed E-state index contributed by atoms with van der Waals surface area (Å²) in [5.74, 6) is 0.783. The van der Waals surface area contributed by atoms with E-state index in [1.54, 1.807) is 0 Å². The van der Waals surface area contributed by atoms with Crippen molar-refractivity contribution >= 4 is 11.6 Å². The van der Waals surface area contributed by atoms with Gasteiger partial charge >= 0.3 is 0 Å². The van der Waals surface area contributed by atoms with E-state index in [4.69, 9.17) is 16.7 Å². The Kier molecular flexibility index (Phi) is 3.84. The highest BCUT2D eigenvalue weighted by Gasteiger charge is 2.43. The molecule has 2 nitrogen and oxygen atoms in total. The molecule has 1 aromatic rings. The maximum Gasteiger partial charge on any atom is 0.0436 e. The van der Waals surface area contributed by atoms with Crippen LogP contribution in [-0.2, 0) is 0 Å². The molecule has 0 spiro atoms. The third kappa shape index (κ3) is 3.31. The third-order valence-corrected chi connectivity index (χ3v) is 4.87. The molecule has 0 radical (unpaired) electrons. The van der Waals surface area contributed by atoms with Crippen LogP contribution < -0.4 is 5.32 Å². The number of rotatable bonds is 7. The molecule has 0 amide bonds. The lowest BCUT2D eigenvalue weighted by Gasteiger charge is -2.23. The SMILES string of the molecule is OCCC1(CNC(c2ccc(Cl)cc2)C2CC2)CC1. The van der Waals surface area contributed by atoms with Gasteiger partial charge in [0.2, 0.25) is 0 Å². The first kappa shape index (κ1) is 13.4. The minimum atomic E-state index is 0.316. The summed E-state index contributed by atoms with van der Waals surface area (Å²) in [5, 5.41) is 13.7. The number of halogens is 1. The first-order valence-electron chi connectivity index (χ1n) is 7.32. The van der Waals surface area contributed by atoms with Gasteiger partial charge in [-0.25, -0.2) is 0 Å². The van der Waals surface area contributed by atoms with Crippen molar-refractivity contribution < 1.29 is 5.11 Å². The highest BCUT2D eigenvalue weighted by Crippen LogP contribution is 2.49. The Morgan fingerprint density at radius 3 is 2.47 bits per heavy atom. The second-order valence-electron chi connectivity index (χ2n) is 6.22. The smallest absolute Gasteiger partial charge is 0.0436 e. The van der Waals surface area contributed by atoms with Gasteiger partial charge < -0.3 is 10.4 Å². The predicted molar refractivity (Wildman–Crippen MR) is 78.3 cm³/mol. The van der Waals surface area contributed by atoms with Crippen LogP contribution in [0.25, 0.3) is 0 Å². The Morgan fingerprint density at radius 2 is 1.95 bits per heavy atom. The fourth-order valence-electron chi connectivity index (χ4n) is 2.91. The Morgan fingerprint density at radius 1 is 1.26 bits per heavy atom. The van der Waals surface area contributed by atoms with Crippen LogP contribution in [0.1, 0.15) is 43.7 Å². The van der Waals surface area contributed by atoms with Gasteiger partial charge in [0, 0.05) is 24.2 Å². The fourth-order valence-corrected chi connectivity index (χ4v) is 3.04. The molecule has 0 saturated heterocycles. The molecule has 3 rings (SSSR count). The number of benzene rings is 1. The summed E-state index contributed by atoms with van der Waals surface area (Å²) in [6, 6.07) is 8.71. The molecular formula is C16H22ClNO. The van der Waals surface area contributed by atoms with Crippen LogP contribution in [0, 0.1) is 11.3 Å². The van der Waals surface area contributed by atoms with E-state index in [0.29, 0.717) is 18.1 Å². The van der Waals surface area contributed by atoms with Gasteiger partial charge in [0.25, 0.3) is 0 Å². The number of hydrogen-bond acceptors (Lipinski definition) is 2. The predicted octanol–water partition coefficient (Wildman–Crippen LogP) is 3.54. The molecule has 0 bridgehead atoms. The van der Waals surface area contributed by atoms with Crippen LogP contribution in [0.3, 0.4) is 0 Å². The highest BCUT2D eigenvalue weighted by molar-refractivity contribution is 6.30. The van der Waals surface area contributed by atoms with Crippen molar-refractivity contribution in [3.63, 3.8) is 0 Å². The molecule has 1 atom stereocenters. The summed E-state index contributed by atoms with van der Waals surface area (Å²) in [5.41, 5.74) is 1.74. The first-order valence-corrected chi connectivity index (χ1v) is 7.70. The molecule has 2 N–H and O–H groups in total. The zero-order valence-corrected chi connectivity index (χ0v) is 12.0. The molecule has 2 saturated carbocycles. The lowest BCUT2D eigenvalue weighted by molar-refractivity contribution is 0.240. The third-order valence-electron chi connectivity index (χ3n) is 4.62. The maximum absolute atomic E-state index is 9.13. The average Bonchev–Trinajstić information content (AvgIpc) is 3.28. The molecular weight excluding hydrogens is 258 g/mol. The van der Waals surface area contributed by atoms with E-state index in [1.807, 2.05) is 12.1 Å². The van der Waals surface area contributed by atoms with Crippen molar-refractivity contribution in [3.05, 3.63) is 34.9 Å². The minimum absolute atomic E-state index is 0.316. The number of nitrogens with one attached hydrogen (secondary N) is 1. The topological polar surface area (TPSA) is 32.3 Å². The Balaban J connectivity index is 1.63. The van der Waals surface area contributed by atoms with Gasteiger partial charge in [-0.1, -0.05) is 23.7 Å². The molecule has 1 aromatic carbocycles. The van der Waals surface area contributed by atoms with Gasteiger partial charge in [-0.3, -0.25) is 0 Å². The van der Waals surface area contributed by atoms with E-state index in [2.05, 4.69) is 17.4 Å². The highest BCUT2D eigenvalue weighted by atomic mass is 35.5. The molecule has 104 valence electrons. The summed E-state index contributed by atoms with van der Waals surface area (Å²) < 4.78 is 0. The molecule has 0 heterocycles. The van der Waals surface area contributed by atoms with Crippen molar-refractivity contribution in [2.45, 2.75) is 38.1 Å². The zero-order valence-electron chi connectivity index (χ0n) is 11.2. The summed E-state index contributed by atoms with van der Waals surface area (Å²) in [4.78, 5) is 0. The standard InChI is InChI=1S/C16H22ClNO/c17-14-5-3-13(4-6-14)15(12-1-2-12)18-11-16(7-8-16)9-10-19/h3-6,12,15,18-19H,1-2,7-11H2. The van der Waals surface area contributed by atoms with Crippen molar-refractivity contribution in [2.24, 2.45) is 11.3 Å². The molecule has 2 aliphatic carbocycles. The van der Waals surface area contributed by atoms with Gasteiger partial charge in [0.1, 0.15) is 0 Å². The molecule has 1 unspecified atom stereocenters. The quantitative estimate of drug-likeness (QED) is 0.800. The van der Waals surface area contributed by atoms with Crippen LogP contribution in [0.4, 0.5) is 0 Å². The number of aliphatic hydroxyl groups is 1. The van der Waals surface area contributed by atoms with Crippen molar-refractivity contribution in [1.82, 2.24) is 5.32 Å². The van der Waals surface area contributed by atoms with Crippen molar-refractivity contribution in [1.29, 1.82) is 0 Å². The second-order valence-corrected chi connectivity index (χ2v) is 6.66. The van der Waals surface area contributed by atoms with E-state index in [-0.39, 0.29) is 0 Å². The molecule has 19 heavy (non-hydrogen) atoms. The van der Waals surface area contributed by atoms with Crippen molar-refractivity contribution in [2.75, 3.05) is 13.2 Å². The molecule has 2 aliphatic rings. The van der Waals surface area contributed by atoms with E-state index < -0.39 is 0 Å². The van der Waals surface area contributed by atoms with Crippen LogP contribution >= 0.6 is 11.6 Å². The second kappa shape index (κ2) is 5.43. The molecule has 0 aromatic heterocycles. The number of hydrogen-bond donors (Lipinski definition) is 2. The molecule has 0 aliphatic heterocycles. The molecule has 3 heteroatoms. The average molecular weight is 280 g/mol. The van der Waals surface area contributed by atoms with Crippen LogP contribution in [0.5, 0.6) is 0 Å². The van der Waals surface area contributed by atoms with Crippen LogP contribution in [-0.4, -0.2) is 18.3 Å². The Hall–Kier alpha value is -0.570. The lowest BCUT2D eigenvalue weighted by Crippen LogP contribution is -2.30. The summed E-state index contributed by atoms with van der Waals surface area (Å²) in [6.07, 6.45) is 6.12. The van der Waals surface area contributed by atoms with E-state index >= 15 is 0 Å². The van der Waals surface area contributed by atoms with E-state index in [0.717, 1.165) is 23.9 Å². The minimum Gasteiger partial charge on any atom is -0.396 e. The van der Waals surface area contributed by atoms with Gasteiger partial charge in [-0.05, 0) is 61.1 Å². The summed E-state index contributed by atoms with van der Waals surface area (Å²) >= 11 is 5.96. The fraction of sp³-hybridized carbons (Fsp3) is 0.625. The van der Waals surface area contributed by atoms with Crippen LogP contribution in [0.15, 0.2) is 24.3 Å². The van der Waals surface area contributed by atoms with Crippen LogP contribution in [0.2, 0.25) is 5.02 Å². The van der Waals surface area contributed by atoms with Crippen molar-refractivity contribution in [3.8, 4) is 0 Å². The Bertz CT molecular complexity index is 423. The van der Waals surface area contributed by atoms with E-state index in [9.17, 15) is 0 Å². The van der Waals surface area contributed by atoms with Gasteiger partial charge in [0.05, 0.1) is 0 Å². The normalized spacial score (nSPS) is 22.2. The first-order chi connectivity index (χ1) is 9.22. The lowest BCUT2D eigenvalue weighted by atomic mass is 9.99. The largest absolute Gasteiger partial charge is 0.396 e. The zero-order chi connectivity index (χ0) is 13.3. The Labute approximate surface area is 120 Å². The van der Waals surface area contributed by atoms with E-state index in [1.165, 1.54) is 31.2 Å². The summed E-state index contributed by atoms with van der Waals surface area (Å²) in [7, 11) is 0. The summed E-state index contributed by atoms with van der Waals surface area (Å²) in [6.45, 7) is 1.36. The van der Waals surface area contributed by atoms with Gasteiger partial charge in [0.15, 0.2) is 0 Å². The number of aliphatic hydroxyl groups excluding tert-OH is 1.